The minimum Gasteiger partial charge on any atom is -0.493 e. The zero-order valence-electron chi connectivity index (χ0n) is 13.2. The van der Waals surface area contributed by atoms with Gasteiger partial charge in [-0.05, 0) is 36.8 Å². The predicted octanol–water partition coefficient (Wildman–Crippen LogP) is 4.07. The van der Waals surface area contributed by atoms with Crippen LogP contribution in [0, 0.1) is 12.7 Å². The molecule has 2 aromatic carbocycles. The number of nitrogens with zero attached hydrogens (tertiary/aromatic N) is 1. The number of aromatic nitrogens is 1. The molecule has 1 N–H and O–H groups in total. The molecule has 0 aliphatic carbocycles. The number of anilines is 1. The fourth-order valence-corrected chi connectivity index (χ4v) is 2.32. The van der Waals surface area contributed by atoms with E-state index in [2.05, 4.69) is 10.3 Å². The van der Waals surface area contributed by atoms with Gasteiger partial charge in [0.25, 0.3) is 0 Å². The number of ether oxygens (including phenoxy) is 1. The zero-order chi connectivity index (χ0) is 16.9. The van der Waals surface area contributed by atoms with E-state index < -0.39 is 0 Å². The molecule has 0 saturated carbocycles. The van der Waals surface area contributed by atoms with Gasteiger partial charge in [0.05, 0.1) is 6.61 Å². The highest BCUT2D eigenvalue weighted by Gasteiger charge is 2.06. The fraction of sp³-hybridized carbons (Fsp3) is 0.222. The average molecular weight is 328 g/mol. The number of hydrogen-bond acceptors (Lipinski definition) is 4. The Morgan fingerprint density at radius 1 is 1.29 bits per heavy atom. The van der Waals surface area contributed by atoms with Crippen LogP contribution in [0.3, 0.4) is 0 Å². The summed E-state index contributed by atoms with van der Waals surface area (Å²) in [5.41, 5.74) is 2.07. The standard InChI is InChI=1S/C18H17FN2O3/c1-12-20-16-11-14(7-8-17(16)24-12)21-18(22)6-3-9-23-15-5-2-4-13(19)10-15/h2,4-5,7-8,10-11H,3,6,9H2,1H3,(H,21,22). The Morgan fingerprint density at radius 3 is 3.00 bits per heavy atom. The maximum absolute atomic E-state index is 13.0. The van der Waals surface area contributed by atoms with Crippen LogP contribution in [0.15, 0.2) is 46.9 Å². The Kier molecular flexibility index (Phi) is 4.74. The molecule has 3 aromatic rings. The smallest absolute Gasteiger partial charge is 0.224 e. The number of fused-ring (bicyclic) bond motifs is 1. The second-order valence-electron chi connectivity index (χ2n) is 5.37. The Labute approximate surface area is 138 Å². The summed E-state index contributed by atoms with van der Waals surface area (Å²) in [7, 11) is 0. The van der Waals surface area contributed by atoms with E-state index in [1.165, 1.54) is 12.1 Å². The monoisotopic (exact) mass is 328 g/mol. The van der Waals surface area contributed by atoms with E-state index in [9.17, 15) is 9.18 Å². The lowest BCUT2D eigenvalue weighted by Gasteiger charge is -2.07. The number of rotatable bonds is 6. The lowest BCUT2D eigenvalue weighted by molar-refractivity contribution is -0.116. The average Bonchev–Trinajstić information content (AvgIpc) is 2.91. The van der Waals surface area contributed by atoms with Crippen LogP contribution in [-0.2, 0) is 4.79 Å². The van der Waals surface area contributed by atoms with Crippen molar-refractivity contribution in [2.45, 2.75) is 19.8 Å². The number of oxazole rings is 1. The molecule has 24 heavy (non-hydrogen) atoms. The van der Waals surface area contributed by atoms with E-state index in [0.717, 1.165) is 0 Å². The number of aryl methyl sites for hydroxylation is 1. The van der Waals surface area contributed by atoms with Crippen LogP contribution in [-0.4, -0.2) is 17.5 Å². The first-order valence-electron chi connectivity index (χ1n) is 7.65. The molecule has 0 aliphatic heterocycles. The molecule has 0 saturated heterocycles. The summed E-state index contributed by atoms with van der Waals surface area (Å²) in [6.45, 7) is 2.12. The van der Waals surface area contributed by atoms with Crippen molar-refractivity contribution in [3.05, 3.63) is 54.2 Å². The van der Waals surface area contributed by atoms with Crippen molar-refractivity contribution >= 4 is 22.7 Å². The van der Waals surface area contributed by atoms with Gasteiger partial charge in [0.2, 0.25) is 5.91 Å². The Morgan fingerprint density at radius 2 is 2.17 bits per heavy atom. The topological polar surface area (TPSA) is 64.4 Å². The van der Waals surface area contributed by atoms with Crippen molar-refractivity contribution in [3.8, 4) is 5.75 Å². The Balaban J connectivity index is 1.46. The van der Waals surface area contributed by atoms with Gasteiger partial charge in [0.15, 0.2) is 11.5 Å². The quantitative estimate of drug-likeness (QED) is 0.693. The first-order chi connectivity index (χ1) is 11.6. The van der Waals surface area contributed by atoms with Crippen LogP contribution >= 0.6 is 0 Å². The van der Waals surface area contributed by atoms with Crippen LogP contribution in [0.4, 0.5) is 10.1 Å². The number of halogens is 1. The molecule has 5 nitrogen and oxygen atoms in total. The SMILES string of the molecule is Cc1nc2cc(NC(=O)CCCOc3cccc(F)c3)ccc2o1. The first kappa shape index (κ1) is 16.0. The van der Waals surface area contributed by atoms with Crippen molar-refractivity contribution in [1.29, 1.82) is 0 Å². The maximum atomic E-state index is 13.0. The third-order valence-corrected chi connectivity index (χ3v) is 3.39. The van der Waals surface area contributed by atoms with E-state index >= 15 is 0 Å². The van der Waals surface area contributed by atoms with Crippen LogP contribution < -0.4 is 10.1 Å². The van der Waals surface area contributed by atoms with Gasteiger partial charge in [-0.15, -0.1) is 0 Å². The highest BCUT2D eigenvalue weighted by Crippen LogP contribution is 2.20. The van der Waals surface area contributed by atoms with Crippen molar-refractivity contribution in [2.24, 2.45) is 0 Å². The molecule has 124 valence electrons. The van der Waals surface area contributed by atoms with E-state index in [1.54, 1.807) is 37.3 Å². The van der Waals surface area contributed by atoms with Gasteiger partial charge in [-0.25, -0.2) is 9.37 Å². The van der Waals surface area contributed by atoms with Gasteiger partial charge in [-0.3, -0.25) is 4.79 Å². The number of nitrogens with one attached hydrogen (secondary N) is 1. The number of amides is 1. The number of carbonyl (C=O) groups excluding carboxylic acids is 1. The van der Waals surface area contributed by atoms with Gasteiger partial charge in [-0.1, -0.05) is 6.07 Å². The van der Waals surface area contributed by atoms with Crippen LogP contribution in [0.25, 0.3) is 11.1 Å². The summed E-state index contributed by atoms with van der Waals surface area (Å²) in [6, 6.07) is 11.2. The molecule has 1 amide bonds. The van der Waals surface area contributed by atoms with Gasteiger partial charge in [0.1, 0.15) is 17.1 Å². The Hall–Kier alpha value is -2.89. The van der Waals surface area contributed by atoms with E-state index in [-0.39, 0.29) is 11.7 Å². The normalized spacial score (nSPS) is 10.8. The third kappa shape index (κ3) is 4.10. The molecule has 0 unspecified atom stereocenters. The molecule has 0 bridgehead atoms. The molecular weight excluding hydrogens is 311 g/mol. The zero-order valence-corrected chi connectivity index (χ0v) is 13.2. The summed E-state index contributed by atoms with van der Waals surface area (Å²) in [5.74, 6) is 0.589. The lowest BCUT2D eigenvalue weighted by atomic mass is 10.2. The molecule has 3 rings (SSSR count). The molecule has 1 aromatic heterocycles. The van der Waals surface area contributed by atoms with E-state index in [0.29, 0.717) is 47.9 Å². The number of hydrogen-bond donors (Lipinski definition) is 1. The summed E-state index contributed by atoms with van der Waals surface area (Å²) < 4.78 is 23.8. The van der Waals surface area contributed by atoms with E-state index in [4.69, 9.17) is 9.15 Å². The summed E-state index contributed by atoms with van der Waals surface area (Å²) in [4.78, 5) is 16.2. The molecule has 0 radical (unpaired) electrons. The fourth-order valence-electron chi connectivity index (χ4n) is 2.32. The first-order valence-corrected chi connectivity index (χ1v) is 7.65. The summed E-state index contributed by atoms with van der Waals surface area (Å²) >= 11 is 0. The highest BCUT2D eigenvalue weighted by atomic mass is 19.1. The molecule has 0 fully saturated rings. The maximum Gasteiger partial charge on any atom is 0.224 e. The second-order valence-corrected chi connectivity index (χ2v) is 5.37. The van der Waals surface area contributed by atoms with Crippen LogP contribution in [0.2, 0.25) is 0 Å². The molecule has 0 aliphatic rings. The van der Waals surface area contributed by atoms with Gasteiger partial charge >= 0.3 is 0 Å². The van der Waals surface area contributed by atoms with E-state index in [1.807, 2.05) is 0 Å². The highest BCUT2D eigenvalue weighted by molar-refractivity contribution is 5.92. The van der Waals surface area contributed by atoms with Gasteiger partial charge in [0, 0.05) is 25.1 Å². The molecule has 1 heterocycles. The number of carbonyl (C=O) groups is 1. The number of benzene rings is 2. The minimum absolute atomic E-state index is 0.114. The Bertz CT molecular complexity index is 860. The van der Waals surface area contributed by atoms with Crippen LogP contribution in [0.5, 0.6) is 5.75 Å². The second kappa shape index (κ2) is 7.12. The summed E-state index contributed by atoms with van der Waals surface area (Å²) in [6.07, 6.45) is 0.846. The van der Waals surface area contributed by atoms with Gasteiger partial charge < -0.3 is 14.5 Å². The lowest BCUT2D eigenvalue weighted by Crippen LogP contribution is -2.12. The van der Waals surface area contributed by atoms with Crippen LogP contribution in [0.1, 0.15) is 18.7 Å². The van der Waals surface area contributed by atoms with Crippen molar-refractivity contribution in [1.82, 2.24) is 4.98 Å². The van der Waals surface area contributed by atoms with Gasteiger partial charge in [-0.2, -0.15) is 0 Å². The molecular formula is C18H17FN2O3. The molecule has 0 atom stereocenters. The van der Waals surface area contributed by atoms with Crippen molar-refractivity contribution in [2.75, 3.05) is 11.9 Å². The predicted molar refractivity (Wildman–Crippen MR) is 88.5 cm³/mol. The molecule has 0 spiro atoms. The third-order valence-electron chi connectivity index (χ3n) is 3.39. The largest absolute Gasteiger partial charge is 0.493 e. The molecule has 6 heteroatoms. The van der Waals surface area contributed by atoms with Crippen molar-refractivity contribution in [3.63, 3.8) is 0 Å². The van der Waals surface area contributed by atoms with Crippen molar-refractivity contribution < 1.29 is 18.3 Å². The minimum atomic E-state index is -0.344. The summed E-state index contributed by atoms with van der Waals surface area (Å²) in [5, 5.41) is 2.81.